The molecule has 0 bridgehead atoms. The molecule has 0 fully saturated rings. The number of amides is 3. The van der Waals surface area contributed by atoms with Crippen molar-refractivity contribution in [2.75, 3.05) is 18.5 Å². The molecule has 1 aliphatic rings. The molecule has 0 spiro atoms. The van der Waals surface area contributed by atoms with Crippen molar-refractivity contribution in [2.45, 2.75) is 19.9 Å². The van der Waals surface area contributed by atoms with Gasteiger partial charge in [-0.05, 0) is 65.2 Å². The number of rotatable bonds is 7. The summed E-state index contributed by atoms with van der Waals surface area (Å²) in [4.78, 5) is 40.5. The van der Waals surface area contributed by atoms with Crippen LogP contribution in [0, 0.1) is 0 Å². The molecule has 3 aromatic rings. The maximum atomic E-state index is 13.2. The number of hydrogen-bond acceptors (Lipinski definition) is 4. The van der Waals surface area contributed by atoms with Crippen LogP contribution in [-0.2, 0) is 9.53 Å². The van der Waals surface area contributed by atoms with Crippen molar-refractivity contribution >= 4 is 45.2 Å². The van der Waals surface area contributed by atoms with Crippen LogP contribution in [0.5, 0.6) is 0 Å². The first-order valence-electron chi connectivity index (χ1n) is 11.6. The van der Waals surface area contributed by atoms with Crippen LogP contribution in [0.3, 0.4) is 0 Å². The zero-order valence-electron chi connectivity index (χ0n) is 20.0. The molecule has 0 aromatic heterocycles. The SMILES string of the molecule is CCOC(=O)C1=C(c2ccccc2)N(CC)C(=O)NC1c1ccc(NC(=O)c2ccccc2Br)cc1. The molecule has 0 radical (unpaired) electrons. The monoisotopic (exact) mass is 547 g/mol. The zero-order valence-corrected chi connectivity index (χ0v) is 21.5. The minimum absolute atomic E-state index is 0.206. The van der Waals surface area contributed by atoms with Crippen LogP contribution in [-0.4, -0.2) is 36.0 Å². The third-order valence-corrected chi connectivity index (χ3v) is 6.50. The lowest BCUT2D eigenvalue weighted by Gasteiger charge is -2.36. The number of urea groups is 1. The van der Waals surface area contributed by atoms with Gasteiger partial charge in [-0.3, -0.25) is 9.69 Å². The van der Waals surface area contributed by atoms with E-state index in [1.807, 2.05) is 43.3 Å². The minimum Gasteiger partial charge on any atom is -0.463 e. The van der Waals surface area contributed by atoms with Crippen molar-refractivity contribution in [1.29, 1.82) is 0 Å². The summed E-state index contributed by atoms with van der Waals surface area (Å²) in [6.07, 6.45) is 0. The van der Waals surface area contributed by atoms with Crippen molar-refractivity contribution in [1.82, 2.24) is 10.2 Å². The van der Waals surface area contributed by atoms with Gasteiger partial charge < -0.3 is 15.4 Å². The van der Waals surface area contributed by atoms with Crippen molar-refractivity contribution < 1.29 is 19.1 Å². The largest absolute Gasteiger partial charge is 0.463 e. The van der Waals surface area contributed by atoms with Gasteiger partial charge >= 0.3 is 12.0 Å². The van der Waals surface area contributed by atoms with Crippen molar-refractivity contribution in [2.24, 2.45) is 0 Å². The fourth-order valence-corrected chi connectivity index (χ4v) is 4.61. The smallest absolute Gasteiger partial charge is 0.338 e. The second-order valence-corrected chi connectivity index (χ2v) is 8.89. The molecule has 1 aliphatic heterocycles. The highest BCUT2D eigenvalue weighted by atomic mass is 79.9. The van der Waals surface area contributed by atoms with Gasteiger partial charge in [0.25, 0.3) is 5.91 Å². The van der Waals surface area contributed by atoms with Crippen LogP contribution >= 0.6 is 15.9 Å². The van der Waals surface area contributed by atoms with Gasteiger partial charge in [-0.1, -0.05) is 54.6 Å². The third kappa shape index (κ3) is 5.18. The first-order chi connectivity index (χ1) is 17.4. The Morgan fingerprint density at radius 2 is 1.64 bits per heavy atom. The lowest BCUT2D eigenvalue weighted by molar-refractivity contribution is -0.138. The summed E-state index contributed by atoms with van der Waals surface area (Å²) >= 11 is 3.39. The predicted molar refractivity (Wildman–Crippen MR) is 142 cm³/mol. The summed E-state index contributed by atoms with van der Waals surface area (Å²) in [6, 6.07) is 22.5. The Kier molecular flexibility index (Phi) is 7.85. The molecule has 36 heavy (non-hydrogen) atoms. The molecule has 184 valence electrons. The molecule has 0 saturated carbocycles. The molecule has 2 N–H and O–H groups in total. The lowest BCUT2D eigenvalue weighted by atomic mass is 9.91. The van der Waals surface area contributed by atoms with E-state index in [1.54, 1.807) is 54.3 Å². The Morgan fingerprint density at radius 3 is 2.28 bits per heavy atom. The maximum Gasteiger partial charge on any atom is 0.338 e. The summed E-state index contributed by atoms with van der Waals surface area (Å²) < 4.78 is 6.11. The number of anilines is 1. The molecule has 1 heterocycles. The summed E-state index contributed by atoms with van der Waals surface area (Å²) in [5.74, 6) is -0.746. The van der Waals surface area contributed by atoms with Gasteiger partial charge in [-0.25, -0.2) is 9.59 Å². The second kappa shape index (κ2) is 11.2. The molecule has 8 heteroatoms. The van der Waals surface area contributed by atoms with E-state index in [-0.39, 0.29) is 18.5 Å². The molecule has 1 unspecified atom stereocenters. The molecule has 0 saturated heterocycles. The number of hydrogen-bond donors (Lipinski definition) is 2. The number of carbonyl (C=O) groups is 3. The van der Waals surface area contributed by atoms with E-state index in [4.69, 9.17) is 4.74 Å². The fourth-order valence-electron chi connectivity index (χ4n) is 4.14. The van der Waals surface area contributed by atoms with Crippen molar-refractivity contribution in [3.63, 3.8) is 0 Å². The molecular weight excluding hydrogens is 522 g/mol. The van der Waals surface area contributed by atoms with Gasteiger partial charge in [0.05, 0.1) is 29.5 Å². The molecule has 4 rings (SSSR count). The normalized spacial score (nSPS) is 15.4. The Bertz CT molecular complexity index is 1310. The lowest BCUT2D eigenvalue weighted by Crippen LogP contribution is -2.47. The van der Waals surface area contributed by atoms with E-state index < -0.39 is 12.0 Å². The van der Waals surface area contributed by atoms with Gasteiger partial charge in [0.15, 0.2) is 0 Å². The van der Waals surface area contributed by atoms with E-state index in [0.29, 0.717) is 39.1 Å². The van der Waals surface area contributed by atoms with Crippen LogP contribution < -0.4 is 10.6 Å². The van der Waals surface area contributed by atoms with Crippen molar-refractivity contribution in [3.05, 3.63) is 106 Å². The topological polar surface area (TPSA) is 87.7 Å². The average Bonchev–Trinajstić information content (AvgIpc) is 2.89. The van der Waals surface area contributed by atoms with Gasteiger partial charge in [-0.2, -0.15) is 0 Å². The highest BCUT2D eigenvalue weighted by molar-refractivity contribution is 9.10. The predicted octanol–water partition coefficient (Wildman–Crippen LogP) is 5.76. The molecular formula is C28H26BrN3O4. The molecule has 0 aliphatic carbocycles. The third-order valence-electron chi connectivity index (χ3n) is 5.81. The Hall–Kier alpha value is -3.91. The molecule has 7 nitrogen and oxygen atoms in total. The van der Waals surface area contributed by atoms with Crippen LogP contribution in [0.4, 0.5) is 10.5 Å². The first kappa shape index (κ1) is 25.2. The van der Waals surface area contributed by atoms with Crippen LogP contribution in [0.2, 0.25) is 0 Å². The Labute approximate surface area is 218 Å². The van der Waals surface area contributed by atoms with E-state index in [2.05, 4.69) is 26.6 Å². The van der Waals surface area contributed by atoms with E-state index in [1.165, 1.54) is 0 Å². The number of benzene rings is 3. The highest BCUT2D eigenvalue weighted by Gasteiger charge is 2.38. The maximum absolute atomic E-state index is 13.2. The fraction of sp³-hybridized carbons (Fsp3) is 0.179. The molecule has 1 atom stereocenters. The number of esters is 1. The molecule has 3 amide bonds. The van der Waals surface area contributed by atoms with Gasteiger partial charge in [0.1, 0.15) is 0 Å². The first-order valence-corrected chi connectivity index (χ1v) is 12.4. The standard InChI is InChI=1S/C28H26BrN3O4/c1-3-32-25(19-10-6-5-7-11-19)23(27(34)36-4-2)24(31-28(32)35)18-14-16-20(17-15-18)30-26(33)21-12-8-9-13-22(21)29/h5-17,24H,3-4H2,1-2H3,(H,30,33)(H,31,35). The van der Waals surface area contributed by atoms with Gasteiger partial charge in [-0.15, -0.1) is 0 Å². The van der Waals surface area contributed by atoms with E-state index in [9.17, 15) is 14.4 Å². The summed E-state index contributed by atoms with van der Waals surface area (Å²) in [5, 5.41) is 5.83. The van der Waals surface area contributed by atoms with Crippen LogP contribution in [0.1, 0.15) is 41.4 Å². The van der Waals surface area contributed by atoms with Crippen LogP contribution in [0.25, 0.3) is 5.70 Å². The Balaban J connectivity index is 1.72. The van der Waals surface area contributed by atoms with Crippen LogP contribution in [0.15, 0.2) is 88.9 Å². The minimum atomic E-state index is -0.720. The summed E-state index contributed by atoms with van der Waals surface area (Å²) in [5.41, 5.74) is 3.42. The molecule has 3 aromatic carbocycles. The Morgan fingerprint density at radius 1 is 0.972 bits per heavy atom. The number of carbonyl (C=O) groups excluding carboxylic acids is 3. The van der Waals surface area contributed by atoms with Crippen molar-refractivity contribution in [3.8, 4) is 0 Å². The number of halogens is 1. The highest BCUT2D eigenvalue weighted by Crippen LogP contribution is 2.36. The number of nitrogens with zero attached hydrogens (tertiary/aromatic N) is 1. The number of nitrogens with one attached hydrogen (secondary N) is 2. The van der Waals surface area contributed by atoms with E-state index >= 15 is 0 Å². The average molecular weight is 548 g/mol. The summed E-state index contributed by atoms with van der Waals surface area (Å²) in [7, 11) is 0. The second-order valence-electron chi connectivity index (χ2n) is 8.03. The number of ether oxygens (including phenoxy) is 1. The van der Waals surface area contributed by atoms with E-state index in [0.717, 1.165) is 5.56 Å². The quantitative estimate of drug-likeness (QED) is 0.368. The van der Waals surface area contributed by atoms with Gasteiger partial charge in [0.2, 0.25) is 0 Å². The van der Waals surface area contributed by atoms with Gasteiger partial charge in [0, 0.05) is 16.7 Å². The summed E-state index contributed by atoms with van der Waals surface area (Å²) in [6.45, 7) is 4.19. The zero-order chi connectivity index (χ0) is 25.7.